The second-order valence-electron chi connectivity index (χ2n) is 4.66. The van der Waals surface area contributed by atoms with E-state index in [4.69, 9.17) is 5.11 Å². The van der Waals surface area contributed by atoms with Crippen molar-refractivity contribution < 1.29 is 27.1 Å². The molecule has 1 aromatic carbocycles. The standard InChI is InChI=1S/C12H12BrF2NO4S/c13-8-5-7(14)6-9(15)11(8)21(19,20)16-4-2-1-3-10(16)12(17)18/h5-6,10H,1-4H2,(H,17,18)/t10-/m0/s1. The third-order valence-electron chi connectivity index (χ3n) is 3.27. The quantitative estimate of drug-likeness (QED) is 0.869. The van der Waals surface area contributed by atoms with Gasteiger partial charge in [-0.2, -0.15) is 4.31 Å². The second kappa shape index (κ2) is 5.98. The fourth-order valence-corrected chi connectivity index (χ4v) is 5.10. The molecule has 0 radical (unpaired) electrons. The number of benzene rings is 1. The van der Waals surface area contributed by atoms with E-state index in [0.717, 1.165) is 10.4 Å². The molecular weight excluding hydrogens is 372 g/mol. The van der Waals surface area contributed by atoms with E-state index in [2.05, 4.69) is 15.9 Å². The summed E-state index contributed by atoms with van der Waals surface area (Å²) < 4.78 is 52.5. The molecule has 0 aliphatic carbocycles. The molecule has 1 atom stereocenters. The minimum atomic E-state index is -4.37. The Kier molecular flexibility index (Phi) is 4.64. The van der Waals surface area contributed by atoms with E-state index in [1.54, 1.807) is 0 Å². The normalized spacial score (nSPS) is 20.4. The molecular formula is C12H12BrF2NO4S. The van der Waals surface area contributed by atoms with Crippen molar-refractivity contribution in [3.05, 3.63) is 28.2 Å². The van der Waals surface area contributed by atoms with Crippen molar-refractivity contribution in [2.75, 3.05) is 6.54 Å². The average molecular weight is 384 g/mol. The largest absolute Gasteiger partial charge is 0.480 e. The van der Waals surface area contributed by atoms with E-state index in [1.807, 2.05) is 0 Å². The monoisotopic (exact) mass is 383 g/mol. The molecule has 116 valence electrons. The molecule has 1 saturated heterocycles. The van der Waals surface area contributed by atoms with Crippen molar-refractivity contribution in [1.29, 1.82) is 0 Å². The fraction of sp³-hybridized carbons (Fsp3) is 0.417. The second-order valence-corrected chi connectivity index (χ2v) is 7.35. The number of nitrogens with zero attached hydrogens (tertiary/aromatic N) is 1. The van der Waals surface area contributed by atoms with Crippen molar-refractivity contribution in [2.45, 2.75) is 30.2 Å². The van der Waals surface area contributed by atoms with Crippen LogP contribution in [0.1, 0.15) is 19.3 Å². The van der Waals surface area contributed by atoms with Gasteiger partial charge in [-0.1, -0.05) is 0 Å². The lowest BCUT2D eigenvalue weighted by molar-refractivity contribution is -0.142. The number of carboxylic acids is 1. The van der Waals surface area contributed by atoms with Gasteiger partial charge in [-0.3, -0.25) is 4.79 Å². The highest BCUT2D eigenvalue weighted by atomic mass is 79.9. The number of hydrogen-bond donors (Lipinski definition) is 1. The topological polar surface area (TPSA) is 74.7 Å². The number of rotatable bonds is 3. The Balaban J connectivity index is 2.53. The van der Waals surface area contributed by atoms with Gasteiger partial charge < -0.3 is 5.11 Å². The fourth-order valence-electron chi connectivity index (χ4n) is 2.33. The highest BCUT2D eigenvalue weighted by molar-refractivity contribution is 9.10. The molecule has 0 amide bonds. The predicted octanol–water partition coefficient (Wildman–Crippen LogP) is 2.36. The molecule has 0 bridgehead atoms. The molecule has 1 heterocycles. The summed E-state index contributed by atoms with van der Waals surface area (Å²) in [5.41, 5.74) is 0. The molecule has 0 unspecified atom stereocenters. The molecule has 1 aromatic rings. The molecule has 9 heteroatoms. The predicted molar refractivity (Wildman–Crippen MR) is 73.2 cm³/mol. The van der Waals surface area contributed by atoms with Crippen LogP contribution in [0.2, 0.25) is 0 Å². The Morgan fingerprint density at radius 2 is 2.00 bits per heavy atom. The maximum Gasteiger partial charge on any atom is 0.322 e. The Bertz CT molecular complexity index is 657. The highest BCUT2D eigenvalue weighted by Gasteiger charge is 2.39. The molecule has 0 aromatic heterocycles. The van der Waals surface area contributed by atoms with E-state index in [9.17, 15) is 22.0 Å². The first-order chi connectivity index (χ1) is 9.75. The van der Waals surface area contributed by atoms with Crippen LogP contribution in [0.5, 0.6) is 0 Å². The molecule has 1 aliphatic rings. The first-order valence-corrected chi connectivity index (χ1v) is 8.37. The molecule has 2 rings (SSSR count). The zero-order valence-electron chi connectivity index (χ0n) is 10.7. The summed E-state index contributed by atoms with van der Waals surface area (Å²) in [7, 11) is -4.37. The van der Waals surface area contributed by atoms with Crippen LogP contribution in [-0.4, -0.2) is 36.4 Å². The SMILES string of the molecule is O=C(O)[C@@H]1CCCCN1S(=O)(=O)c1c(F)cc(F)cc1Br. The molecule has 0 saturated carbocycles. The Hall–Kier alpha value is -1.06. The summed E-state index contributed by atoms with van der Waals surface area (Å²) in [4.78, 5) is 10.5. The van der Waals surface area contributed by atoms with Crippen LogP contribution in [0.25, 0.3) is 0 Å². The van der Waals surface area contributed by atoms with Gasteiger partial charge in [-0.15, -0.1) is 0 Å². The summed E-state index contributed by atoms with van der Waals surface area (Å²) >= 11 is 2.82. The van der Waals surface area contributed by atoms with E-state index in [0.29, 0.717) is 18.9 Å². The van der Waals surface area contributed by atoms with Gasteiger partial charge in [0.1, 0.15) is 22.6 Å². The van der Waals surface area contributed by atoms with Crippen molar-refractivity contribution in [3.8, 4) is 0 Å². The third-order valence-corrected chi connectivity index (χ3v) is 6.14. The molecule has 1 N–H and O–H groups in total. The van der Waals surface area contributed by atoms with E-state index < -0.39 is 38.6 Å². The number of carbonyl (C=O) groups is 1. The Morgan fingerprint density at radius 1 is 1.33 bits per heavy atom. The van der Waals surface area contributed by atoms with E-state index in [-0.39, 0.29) is 17.4 Å². The van der Waals surface area contributed by atoms with Gasteiger partial charge in [0.25, 0.3) is 0 Å². The summed E-state index contributed by atoms with van der Waals surface area (Å²) in [6.07, 6.45) is 1.23. The smallest absolute Gasteiger partial charge is 0.322 e. The van der Waals surface area contributed by atoms with Crippen LogP contribution in [0.4, 0.5) is 8.78 Å². The lowest BCUT2D eigenvalue weighted by Crippen LogP contribution is -2.48. The lowest BCUT2D eigenvalue weighted by atomic mass is 10.1. The molecule has 21 heavy (non-hydrogen) atoms. The van der Waals surface area contributed by atoms with Crippen LogP contribution < -0.4 is 0 Å². The molecule has 1 fully saturated rings. The van der Waals surface area contributed by atoms with Crippen LogP contribution >= 0.6 is 15.9 Å². The summed E-state index contributed by atoms with van der Waals surface area (Å²) in [5.74, 6) is -3.46. The van der Waals surface area contributed by atoms with Gasteiger partial charge in [-0.05, 0) is 41.3 Å². The van der Waals surface area contributed by atoms with Crippen molar-refractivity contribution in [2.24, 2.45) is 0 Å². The van der Waals surface area contributed by atoms with Gasteiger partial charge >= 0.3 is 5.97 Å². The van der Waals surface area contributed by atoms with Crippen LogP contribution in [-0.2, 0) is 14.8 Å². The summed E-state index contributed by atoms with van der Waals surface area (Å²) in [5, 5.41) is 9.13. The summed E-state index contributed by atoms with van der Waals surface area (Å²) in [6, 6.07) is 0.0488. The van der Waals surface area contributed by atoms with Gasteiger partial charge in [0, 0.05) is 17.1 Å². The first-order valence-electron chi connectivity index (χ1n) is 6.14. The number of halogens is 3. The van der Waals surface area contributed by atoms with E-state index >= 15 is 0 Å². The lowest BCUT2D eigenvalue weighted by Gasteiger charge is -2.32. The zero-order valence-corrected chi connectivity index (χ0v) is 13.1. The Labute approximate surface area is 128 Å². The number of hydrogen-bond acceptors (Lipinski definition) is 3. The van der Waals surface area contributed by atoms with Gasteiger partial charge in [-0.25, -0.2) is 17.2 Å². The number of aliphatic carboxylic acids is 1. The maximum atomic E-state index is 13.9. The number of piperidine rings is 1. The van der Waals surface area contributed by atoms with Crippen LogP contribution in [0, 0.1) is 11.6 Å². The van der Waals surface area contributed by atoms with Crippen molar-refractivity contribution in [1.82, 2.24) is 4.31 Å². The van der Waals surface area contributed by atoms with Crippen molar-refractivity contribution >= 4 is 31.9 Å². The van der Waals surface area contributed by atoms with Crippen LogP contribution in [0.15, 0.2) is 21.5 Å². The molecule has 0 spiro atoms. The van der Waals surface area contributed by atoms with E-state index in [1.165, 1.54) is 0 Å². The zero-order chi connectivity index (χ0) is 15.8. The van der Waals surface area contributed by atoms with Gasteiger partial charge in [0.2, 0.25) is 10.0 Å². The van der Waals surface area contributed by atoms with Crippen LogP contribution in [0.3, 0.4) is 0 Å². The van der Waals surface area contributed by atoms with Crippen molar-refractivity contribution in [3.63, 3.8) is 0 Å². The maximum absolute atomic E-state index is 13.9. The minimum absolute atomic E-state index is 0.0114. The van der Waals surface area contributed by atoms with Gasteiger partial charge in [0.05, 0.1) is 0 Å². The number of carboxylic acid groups (broad SMARTS) is 1. The summed E-state index contributed by atoms with van der Waals surface area (Å²) in [6.45, 7) is -0.0114. The molecule has 5 nitrogen and oxygen atoms in total. The molecule has 1 aliphatic heterocycles. The number of sulfonamides is 1. The van der Waals surface area contributed by atoms with Gasteiger partial charge in [0.15, 0.2) is 0 Å². The highest BCUT2D eigenvalue weighted by Crippen LogP contribution is 2.32. The third kappa shape index (κ3) is 3.09. The first kappa shape index (κ1) is 16.3. The minimum Gasteiger partial charge on any atom is -0.480 e. The average Bonchev–Trinajstić information content (AvgIpc) is 2.37. The Morgan fingerprint density at radius 3 is 2.57 bits per heavy atom.